The van der Waals surface area contributed by atoms with Crippen molar-refractivity contribution in [3.8, 4) is 5.82 Å². The number of piperidine rings is 1. The van der Waals surface area contributed by atoms with Gasteiger partial charge in [0.2, 0.25) is 5.95 Å². The molecule has 2 N–H and O–H groups in total. The molecule has 0 aliphatic carbocycles. The van der Waals surface area contributed by atoms with E-state index in [-0.39, 0.29) is 0 Å². The van der Waals surface area contributed by atoms with E-state index in [0.29, 0.717) is 17.7 Å². The second kappa shape index (κ2) is 11.4. The first-order valence-electron chi connectivity index (χ1n) is 14.9. The molecule has 2 saturated heterocycles. The largest absolute Gasteiger partial charge is 0.384 e. The summed E-state index contributed by atoms with van der Waals surface area (Å²) in [6, 6.07) is 17.2. The number of hydrogen-bond acceptors (Lipinski definition) is 8. The summed E-state index contributed by atoms with van der Waals surface area (Å²) in [5.74, 6) is 1.28. The Bertz CT molecular complexity index is 1480. The number of aryl methyl sites for hydroxylation is 1. The fourth-order valence-corrected chi connectivity index (χ4v) is 6.07. The van der Waals surface area contributed by atoms with Gasteiger partial charge in [-0.3, -0.25) is 9.47 Å². The number of aliphatic hydroxyl groups is 1. The summed E-state index contributed by atoms with van der Waals surface area (Å²) in [5, 5.41) is 14.9. The van der Waals surface area contributed by atoms with Gasteiger partial charge in [0, 0.05) is 74.0 Å². The van der Waals surface area contributed by atoms with Crippen LogP contribution in [0.3, 0.4) is 0 Å². The number of nitrogens with one attached hydrogen (secondary N) is 1. The van der Waals surface area contributed by atoms with E-state index in [1.54, 1.807) is 13.8 Å². The first kappa shape index (κ1) is 27.6. The third-order valence-electron chi connectivity index (χ3n) is 8.58. The van der Waals surface area contributed by atoms with Gasteiger partial charge in [-0.05, 0) is 82.6 Å². The number of fused-ring (bicyclic) bond motifs is 1. The molecule has 0 atom stereocenters. The van der Waals surface area contributed by atoms with E-state index in [0.717, 1.165) is 47.7 Å². The van der Waals surface area contributed by atoms with Gasteiger partial charge in [0.25, 0.3) is 0 Å². The van der Waals surface area contributed by atoms with Crippen LogP contribution < -0.4 is 10.2 Å². The van der Waals surface area contributed by atoms with E-state index in [9.17, 15) is 5.11 Å². The SMILES string of the molecule is CCc1cc2cnc(Nc3ccc(N4CCC(N5CCN(C)CC5)CC4)cc3)nc2n1-c1cccc(C(C)(C)O)n1. The fourth-order valence-electron chi connectivity index (χ4n) is 6.07. The maximum atomic E-state index is 10.5. The summed E-state index contributed by atoms with van der Waals surface area (Å²) in [4.78, 5) is 21.9. The monoisotopic (exact) mass is 554 g/mol. The molecule has 41 heavy (non-hydrogen) atoms. The molecule has 3 aromatic heterocycles. The quantitative estimate of drug-likeness (QED) is 0.344. The van der Waals surface area contributed by atoms with Crippen molar-refractivity contribution in [3.05, 3.63) is 66.1 Å². The van der Waals surface area contributed by atoms with Gasteiger partial charge in [0.05, 0.1) is 5.69 Å². The number of aromatic nitrogens is 4. The van der Waals surface area contributed by atoms with Gasteiger partial charge in [-0.25, -0.2) is 9.97 Å². The number of rotatable bonds is 7. The van der Waals surface area contributed by atoms with Crippen LogP contribution in [-0.4, -0.2) is 86.8 Å². The maximum absolute atomic E-state index is 10.5. The molecule has 0 amide bonds. The molecule has 2 aliphatic rings. The molecule has 9 heteroatoms. The van der Waals surface area contributed by atoms with Gasteiger partial charge in [-0.15, -0.1) is 0 Å². The van der Waals surface area contributed by atoms with Crippen LogP contribution in [-0.2, 0) is 12.0 Å². The summed E-state index contributed by atoms with van der Waals surface area (Å²) in [6.07, 6.45) is 5.13. The highest BCUT2D eigenvalue weighted by Crippen LogP contribution is 2.28. The molecule has 0 radical (unpaired) electrons. The lowest BCUT2D eigenvalue weighted by molar-refractivity contribution is 0.0738. The second-order valence-electron chi connectivity index (χ2n) is 12.0. The van der Waals surface area contributed by atoms with Gasteiger partial charge in [-0.1, -0.05) is 13.0 Å². The molecular weight excluding hydrogens is 512 g/mol. The predicted molar refractivity (Wildman–Crippen MR) is 165 cm³/mol. The third kappa shape index (κ3) is 5.93. The Morgan fingerprint density at radius 1 is 0.951 bits per heavy atom. The van der Waals surface area contributed by atoms with Crippen LogP contribution in [0.1, 0.15) is 45.0 Å². The van der Waals surface area contributed by atoms with Crippen molar-refractivity contribution in [2.24, 2.45) is 0 Å². The van der Waals surface area contributed by atoms with Crippen LogP contribution in [0.5, 0.6) is 0 Å². The Hall–Kier alpha value is -3.53. The van der Waals surface area contributed by atoms with Crippen LogP contribution >= 0.6 is 0 Å². The molecule has 4 aromatic rings. The molecule has 2 fully saturated rings. The normalized spacial score (nSPS) is 17.8. The first-order chi connectivity index (χ1) is 19.8. The van der Waals surface area contributed by atoms with Crippen LogP contribution in [0.2, 0.25) is 0 Å². The standard InChI is InChI=1S/C32H42N8O/c1-5-25-21-23-22-33-31(36-30(23)40(25)29-8-6-7-28(35-29)32(2,3)41)34-24-9-11-26(12-10-24)38-15-13-27(14-16-38)39-19-17-37(4)18-20-39/h6-12,21-22,27,41H,5,13-20H2,1-4H3,(H,33,34,36). The van der Waals surface area contributed by atoms with Gasteiger partial charge in [0.15, 0.2) is 5.65 Å². The molecule has 0 spiro atoms. The number of likely N-dealkylation sites (N-methyl/N-ethyl adjacent to an activating group) is 1. The van der Waals surface area contributed by atoms with Crippen LogP contribution in [0, 0.1) is 0 Å². The predicted octanol–water partition coefficient (Wildman–Crippen LogP) is 4.57. The third-order valence-corrected chi connectivity index (χ3v) is 8.58. The van der Waals surface area contributed by atoms with Crippen molar-refractivity contribution >= 4 is 28.4 Å². The molecule has 0 unspecified atom stereocenters. The number of pyridine rings is 1. The lowest BCUT2D eigenvalue weighted by atomic mass is 10.0. The molecule has 216 valence electrons. The lowest BCUT2D eigenvalue weighted by Crippen LogP contribution is -2.52. The topological polar surface area (TPSA) is 85.6 Å². The number of piperazine rings is 1. The van der Waals surface area contributed by atoms with Gasteiger partial charge in [0.1, 0.15) is 11.4 Å². The summed E-state index contributed by atoms with van der Waals surface area (Å²) in [7, 11) is 2.22. The van der Waals surface area contributed by atoms with Gasteiger partial charge < -0.3 is 20.2 Å². The molecule has 1 aromatic carbocycles. The molecule has 0 saturated carbocycles. The van der Waals surface area contributed by atoms with Crippen LogP contribution in [0.15, 0.2) is 54.7 Å². The van der Waals surface area contributed by atoms with Crippen LogP contribution in [0.25, 0.3) is 16.9 Å². The summed E-state index contributed by atoms with van der Waals surface area (Å²) < 4.78 is 2.06. The van der Waals surface area contributed by atoms with E-state index in [1.165, 1.54) is 44.7 Å². The summed E-state index contributed by atoms with van der Waals surface area (Å²) >= 11 is 0. The van der Waals surface area contributed by atoms with Crippen molar-refractivity contribution in [2.75, 3.05) is 56.5 Å². The number of nitrogens with zero attached hydrogens (tertiary/aromatic N) is 7. The zero-order chi connectivity index (χ0) is 28.6. The first-order valence-corrected chi connectivity index (χ1v) is 14.9. The zero-order valence-electron chi connectivity index (χ0n) is 24.7. The van der Waals surface area contributed by atoms with E-state index >= 15 is 0 Å². The Labute approximate surface area is 242 Å². The fraction of sp³-hybridized carbons (Fsp3) is 0.469. The molecule has 2 aliphatic heterocycles. The molecule has 6 rings (SSSR count). The Morgan fingerprint density at radius 2 is 1.68 bits per heavy atom. The number of hydrogen-bond donors (Lipinski definition) is 2. The molecule has 5 heterocycles. The summed E-state index contributed by atoms with van der Waals surface area (Å²) in [6.45, 7) is 12.6. The highest BCUT2D eigenvalue weighted by Gasteiger charge is 2.27. The minimum absolute atomic E-state index is 0.541. The van der Waals surface area contributed by atoms with E-state index in [2.05, 4.69) is 73.9 Å². The van der Waals surface area contributed by atoms with Gasteiger partial charge in [-0.2, -0.15) is 4.98 Å². The molecule has 0 bridgehead atoms. The minimum atomic E-state index is -1.03. The van der Waals surface area contributed by atoms with Crippen molar-refractivity contribution in [3.63, 3.8) is 0 Å². The van der Waals surface area contributed by atoms with E-state index in [1.807, 2.05) is 24.4 Å². The van der Waals surface area contributed by atoms with E-state index < -0.39 is 5.60 Å². The Kier molecular flexibility index (Phi) is 7.68. The summed E-state index contributed by atoms with van der Waals surface area (Å²) in [5.41, 5.74) is 3.70. The minimum Gasteiger partial charge on any atom is -0.384 e. The Morgan fingerprint density at radius 3 is 2.37 bits per heavy atom. The van der Waals surface area contributed by atoms with Crippen molar-refractivity contribution in [1.82, 2.24) is 29.3 Å². The Balaban J connectivity index is 1.16. The van der Waals surface area contributed by atoms with Gasteiger partial charge >= 0.3 is 0 Å². The van der Waals surface area contributed by atoms with Crippen molar-refractivity contribution < 1.29 is 5.11 Å². The molecular formula is C32H42N8O. The second-order valence-corrected chi connectivity index (χ2v) is 12.0. The maximum Gasteiger partial charge on any atom is 0.229 e. The van der Waals surface area contributed by atoms with Crippen molar-refractivity contribution in [2.45, 2.75) is 51.7 Å². The highest BCUT2D eigenvalue weighted by atomic mass is 16.3. The number of anilines is 3. The smallest absolute Gasteiger partial charge is 0.229 e. The lowest BCUT2D eigenvalue weighted by Gasteiger charge is -2.42. The average Bonchev–Trinajstić information content (AvgIpc) is 3.36. The van der Waals surface area contributed by atoms with Crippen molar-refractivity contribution in [1.29, 1.82) is 0 Å². The van der Waals surface area contributed by atoms with Crippen LogP contribution in [0.4, 0.5) is 17.3 Å². The average molecular weight is 555 g/mol. The number of benzene rings is 1. The zero-order valence-corrected chi connectivity index (χ0v) is 24.7. The van der Waals surface area contributed by atoms with E-state index in [4.69, 9.17) is 9.97 Å². The highest BCUT2D eigenvalue weighted by molar-refractivity contribution is 5.80. The molecule has 9 nitrogen and oxygen atoms in total.